The number of hydrogen-bond acceptors (Lipinski definition) is 6. The number of carboxylic acid groups (broad SMARTS) is 1. The average Bonchev–Trinajstić information content (AvgIpc) is 2.46. The number of aryl methyl sites for hydroxylation is 1. The van der Waals surface area contributed by atoms with Gasteiger partial charge in [0.05, 0.1) is 0 Å². The van der Waals surface area contributed by atoms with Crippen LogP contribution < -0.4 is 15.1 Å². The van der Waals surface area contributed by atoms with Crippen molar-refractivity contribution in [1.82, 2.24) is 4.90 Å². The molecule has 0 atom stereocenters. The van der Waals surface area contributed by atoms with Crippen LogP contribution >= 0.6 is 24.8 Å². The maximum Gasteiger partial charge on any atom is 0.522 e. The second-order valence-electron chi connectivity index (χ2n) is 6.92. The van der Waals surface area contributed by atoms with Gasteiger partial charge in [0, 0.05) is 25.2 Å². The van der Waals surface area contributed by atoms with Crippen LogP contribution in [0.25, 0.3) is 0 Å². The van der Waals surface area contributed by atoms with Crippen LogP contribution in [0.2, 0.25) is 6.32 Å². The van der Waals surface area contributed by atoms with Gasteiger partial charge in [-0.2, -0.15) is 0 Å². The van der Waals surface area contributed by atoms with E-state index in [9.17, 15) is 14.9 Å². The number of halogens is 2. The summed E-state index contributed by atoms with van der Waals surface area (Å²) < 4.78 is 11.3. The van der Waals surface area contributed by atoms with Gasteiger partial charge in [-0.25, -0.2) is 4.79 Å². The largest absolute Gasteiger partial charge is 0.535 e. The smallest absolute Gasteiger partial charge is 0.522 e. The first kappa shape index (κ1) is 21.1. The van der Waals surface area contributed by atoms with Crippen LogP contribution in [0, 0.1) is 0 Å². The molecule has 2 aliphatic heterocycles. The molecule has 1 aliphatic carbocycles. The zero-order chi connectivity index (χ0) is 16.8. The third kappa shape index (κ3) is 3.89. The highest BCUT2D eigenvalue weighted by atomic mass is 35.5. The van der Waals surface area contributed by atoms with E-state index in [1.54, 1.807) is 6.07 Å². The first-order valence-electron chi connectivity index (χ1n) is 8.41. The standard InChI is InChI=1S/C16H21BN2O5.2ClH/c18-10-5-11(6-10)19-7-12(8-19)23-13-2-1-9-3-4-17(22)24-15(9)14(13)16(20)21;;/h1-2,10-12,22H,3-8,18H2,(H,20,21);2*1H. The fourth-order valence-electron chi connectivity index (χ4n) is 3.66. The van der Waals surface area contributed by atoms with Crippen molar-refractivity contribution in [2.75, 3.05) is 13.1 Å². The fourth-order valence-corrected chi connectivity index (χ4v) is 3.66. The third-order valence-electron chi connectivity index (χ3n) is 5.17. The minimum Gasteiger partial charge on any atom is -0.535 e. The number of nitrogens with two attached hydrogens (primary N) is 1. The molecule has 1 aromatic rings. The van der Waals surface area contributed by atoms with Gasteiger partial charge in [-0.1, -0.05) is 6.07 Å². The van der Waals surface area contributed by atoms with Gasteiger partial charge in [0.25, 0.3) is 0 Å². The molecule has 1 saturated heterocycles. The van der Waals surface area contributed by atoms with Gasteiger partial charge in [0.1, 0.15) is 23.2 Å². The first-order valence-corrected chi connectivity index (χ1v) is 8.41. The molecule has 4 rings (SSSR count). The summed E-state index contributed by atoms with van der Waals surface area (Å²) in [5.41, 5.74) is 6.62. The number of nitrogens with zero attached hydrogens (tertiary/aromatic N) is 1. The first-order chi connectivity index (χ1) is 11.5. The second-order valence-corrected chi connectivity index (χ2v) is 6.92. The van der Waals surface area contributed by atoms with Crippen molar-refractivity contribution in [3.05, 3.63) is 23.3 Å². The lowest BCUT2D eigenvalue weighted by atomic mass is 9.78. The van der Waals surface area contributed by atoms with Crippen LogP contribution in [-0.4, -0.2) is 59.4 Å². The highest BCUT2D eigenvalue weighted by Crippen LogP contribution is 2.38. The molecule has 3 aliphatic rings. The third-order valence-corrected chi connectivity index (χ3v) is 5.17. The van der Waals surface area contributed by atoms with Gasteiger partial charge in [-0.15, -0.1) is 24.8 Å². The molecular weight excluding hydrogens is 382 g/mol. The normalized spacial score (nSPS) is 24.8. The van der Waals surface area contributed by atoms with E-state index in [-0.39, 0.29) is 42.2 Å². The highest BCUT2D eigenvalue weighted by molar-refractivity contribution is 6.44. The van der Waals surface area contributed by atoms with Crippen LogP contribution in [0.15, 0.2) is 12.1 Å². The molecule has 2 fully saturated rings. The summed E-state index contributed by atoms with van der Waals surface area (Å²) in [5, 5.41) is 19.2. The minimum absolute atomic E-state index is 0. The lowest BCUT2D eigenvalue weighted by Gasteiger charge is -2.49. The molecule has 0 bridgehead atoms. The molecule has 0 unspecified atom stereocenters. The summed E-state index contributed by atoms with van der Waals surface area (Å²) >= 11 is 0. The molecule has 4 N–H and O–H groups in total. The van der Waals surface area contributed by atoms with Crippen molar-refractivity contribution in [1.29, 1.82) is 0 Å². The van der Waals surface area contributed by atoms with Crippen molar-refractivity contribution in [2.45, 2.75) is 43.8 Å². The van der Waals surface area contributed by atoms with E-state index in [0.29, 0.717) is 30.6 Å². The van der Waals surface area contributed by atoms with E-state index in [1.165, 1.54) is 0 Å². The molecule has 0 amide bonds. The Balaban J connectivity index is 0.00000121. The molecule has 2 heterocycles. The van der Waals surface area contributed by atoms with Gasteiger partial charge >= 0.3 is 13.1 Å². The summed E-state index contributed by atoms with van der Waals surface area (Å²) in [6.45, 7) is 1.58. The van der Waals surface area contributed by atoms with Crippen LogP contribution in [0.5, 0.6) is 11.5 Å². The van der Waals surface area contributed by atoms with Crippen molar-refractivity contribution in [3.63, 3.8) is 0 Å². The molecule has 1 aromatic carbocycles. The topological polar surface area (TPSA) is 105 Å². The SMILES string of the molecule is Cl.Cl.NC1CC(N2CC(Oc3ccc4c(c3C(=O)O)OB(O)CC4)C2)C1. The molecule has 10 heteroatoms. The van der Waals surface area contributed by atoms with E-state index in [4.69, 9.17) is 15.1 Å². The predicted octanol–water partition coefficient (Wildman–Crippen LogP) is 1.20. The Hall–Kier alpha value is -1.19. The van der Waals surface area contributed by atoms with Gasteiger partial charge in [0.15, 0.2) is 0 Å². The summed E-state index contributed by atoms with van der Waals surface area (Å²) in [4.78, 5) is 14.0. The van der Waals surface area contributed by atoms with Gasteiger partial charge < -0.3 is 25.3 Å². The molecular formula is C16H23BCl2N2O5. The number of carboxylic acids is 1. The minimum atomic E-state index is -1.10. The summed E-state index contributed by atoms with van der Waals surface area (Å²) in [7, 11) is -0.965. The molecule has 0 radical (unpaired) electrons. The zero-order valence-electron chi connectivity index (χ0n) is 14.2. The van der Waals surface area contributed by atoms with Crippen LogP contribution in [0.3, 0.4) is 0 Å². The van der Waals surface area contributed by atoms with Crippen molar-refractivity contribution in [2.24, 2.45) is 5.73 Å². The number of carbonyl (C=O) groups is 1. The van der Waals surface area contributed by atoms with Crippen LogP contribution in [0.1, 0.15) is 28.8 Å². The predicted molar refractivity (Wildman–Crippen MR) is 102 cm³/mol. The van der Waals surface area contributed by atoms with E-state index < -0.39 is 13.1 Å². The average molecular weight is 405 g/mol. The Bertz CT molecular complexity index is 668. The maximum atomic E-state index is 11.7. The molecule has 0 aromatic heterocycles. The van der Waals surface area contributed by atoms with Gasteiger partial charge in [-0.05, 0) is 37.2 Å². The van der Waals surface area contributed by atoms with Crippen molar-refractivity contribution < 1.29 is 24.3 Å². The molecule has 0 spiro atoms. The Morgan fingerprint density at radius 1 is 1.31 bits per heavy atom. The summed E-state index contributed by atoms with van der Waals surface area (Å²) in [6.07, 6.45) is 3.09. The summed E-state index contributed by atoms with van der Waals surface area (Å²) in [6, 6.07) is 4.38. The number of fused-ring (bicyclic) bond motifs is 1. The van der Waals surface area contributed by atoms with E-state index in [1.807, 2.05) is 6.07 Å². The fraction of sp³-hybridized carbons (Fsp3) is 0.562. The number of likely N-dealkylation sites (tertiary alicyclic amines) is 1. The lowest BCUT2D eigenvalue weighted by Crippen LogP contribution is -2.62. The van der Waals surface area contributed by atoms with Gasteiger partial charge in [-0.3, -0.25) is 4.90 Å². The molecule has 26 heavy (non-hydrogen) atoms. The molecule has 144 valence electrons. The second kappa shape index (κ2) is 8.23. The lowest BCUT2D eigenvalue weighted by molar-refractivity contribution is -0.0361. The zero-order valence-corrected chi connectivity index (χ0v) is 15.8. The molecule has 1 saturated carbocycles. The summed E-state index contributed by atoms with van der Waals surface area (Å²) in [5.74, 6) is -0.553. The van der Waals surface area contributed by atoms with Crippen LogP contribution in [-0.2, 0) is 6.42 Å². The number of rotatable bonds is 4. The van der Waals surface area contributed by atoms with Gasteiger partial charge in [0.2, 0.25) is 0 Å². The Morgan fingerprint density at radius 3 is 2.62 bits per heavy atom. The number of hydrogen-bond donors (Lipinski definition) is 3. The quantitative estimate of drug-likeness (QED) is 0.647. The Morgan fingerprint density at radius 2 is 2.00 bits per heavy atom. The Kier molecular flexibility index (Phi) is 6.68. The van der Waals surface area contributed by atoms with E-state index >= 15 is 0 Å². The van der Waals surface area contributed by atoms with Crippen molar-refractivity contribution >= 4 is 37.9 Å². The maximum absolute atomic E-state index is 11.7. The monoisotopic (exact) mass is 404 g/mol. The number of ether oxygens (including phenoxy) is 1. The number of aromatic carboxylic acids is 1. The van der Waals surface area contributed by atoms with E-state index in [2.05, 4.69) is 4.90 Å². The Labute approximate surface area is 164 Å². The van der Waals surface area contributed by atoms with E-state index in [0.717, 1.165) is 31.5 Å². The molecule has 7 nitrogen and oxygen atoms in total. The van der Waals surface area contributed by atoms with Crippen LogP contribution in [0.4, 0.5) is 0 Å². The highest BCUT2D eigenvalue weighted by Gasteiger charge is 2.40. The van der Waals surface area contributed by atoms with Crippen molar-refractivity contribution in [3.8, 4) is 11.5 Å². The number of benzene rings is 1.